The molecule has 0 radical (unpaired) electrons. The Balaban J connectivity index is 1.27. The fourth-order valence-corrected chi connectivity index (χ4v) is 5.47. The molecule has 0 atom stereocenters. The van der Waals surface area contributed by atoms with E-state index in [1.54, 1.807) is 6.20 Å². The van der Waals surface area contributed by atoms with Crippen molar-refractivity contribution in [1.29, 1.82) is 0 Å². The molecule has 198 valence electrons. The van der Waals surface area contributed by atoms with E-state index in [0.29, 0.717) is 11.5 Å². The third kappa shape index (κ3) is 4.22. The Hall–Kier alpha value is -5.88. The van der Waals surface area contributed by atoms with Crippen LogP contribution in [0, 0.1) is 0 Å². The van der Waals surface area contributed by atoms with E-state index >= 15 is 0 Å². The smallest absolute Gasteiger partial charge is 0.146 e. The number of hydrogen-bond donors (Lipinski definition) is 0. The molecule has 0 aliphatic rings. The van der Waals surface area contributed by atoms with Crippen LogP contribution in [0.25, 0.3) is 61.0 Å². The van der Waals surface area contributed by atoms with E-state index in [2.05, 4.69) is 79.3 Å². The summed E-state index contributed by atoms with van der Waals surface area (Å²) in [5.41, 5.74) is 6.53. The molecule has 8 rings (SSSR count). The lowest BCUT2D eigenvalue weighted by Crippen LogP contribution is -1.97. The number of rotatable bonds is 5. The second-order valence-corrected chi connectivity index (χ2v) is 10.1. The summed E-state index contributed by atoms with van der Waals surface area (Å²) in [6, 6.07) is 42.7. The first-order valence-electron chi connectivity index (χ1n) is 13.7. The molecule has 0 amide bonds. The molecule has 0 bridgehead atoms. The summed E-state index contributed by atoms with van der Waals surface area (Å²) in [6.45, 7) is 0. The molecule has 0 saturated carbocycles. The van der Waals surface area contributed by atoms with Gasteiger partial charge in [-0.1, -0.05) is 54.6 Å². The summed E-state index contributed by atoms with van der Waals surface area (Å²) in [5, 5.41) is 12.2. The van der Waals surface area contributed by atoms with Crippen molar-refractivity contribution in [3.05, 3.63) is 140 Å². The lowest BCUT2D eigenvalue weighted by Gasteiger charge is -2.12. The van der Waals surface area contributed by atoms with Gasteiger partial charge in [-0.05, 0) is 77.9 Å². The van der Waals surface area contributed by atoms with Crippen LogP contribution in [0.5, 0.6) is 11.5 Å². The fraction of sp³-hybridized carbons (Fsp3) is 0. The maximum atomic E-state index is 6.58. The maximum absolute atomic E-state index is 6.58. The van der Waals surface area contributed by atoms with Crippen LogP contribution in [0.3, 0.4) is 0 Å². The zero-order valence-corrected chi connectivity index (χ0v) is 22.4. The van der Waals surface area contributed by atoms with Crippen molar-refractivity contribution in [3.63, 3.8) is 0 Å². The summed E-state index contributed by atoms with van der Waals surface area (Å²) >= 11 is 0. The number of aromatic nitrogens is 5. The fourth-order valence-electron chi connectivity index (χ4n) is 5.47. The third-order valence-electron chi connectivity index (χ3n) is 7.42. The van der Waals surface area contributed by atoms with Crippen LogP contribution in [-0.4, -0.2) is 24.7 Å². The molecular weight excluding hydrogens is 518 g/mol. The van der Waals surface area contributed by atoms with E-state index in [9.17, 15) is 0 Å². The predicted octanol–water partition coefficient (Wildman–Crippen LogP) is 8.64. The van der Waals surface area contributed by atoms with Crippen LogP contribution in [0.4, 0.5) is 0 Å². The van der Waals surface area contributed by atoms with Gasteiger partial charge in [0.1, 0.15) is 23.0 Å². The molecule has 0 aliphatic carbocycles. The Morgan fingerprint density at radius 1 is 0.524 bits per heavy atom. The minimum absolute atomic E-state index is 0.708. The van der Waals surface area contributed by atoms with Crippen molar-refractivity contribution >= 4 is 32.8 Å². The van der Waals surface area contributed by atoms with Crippen molar-refractivity contribution in [1.82, 2.24) is 24.7 Å². The first kappa shape index (κ1) is 24.0. The Bertz CT molecular complexity index is 2230. The monoisotopic (exact) mass is 541 g/mol. The first-order chi connectivity index (χ1) is 20.8. The Kier molecular flexibility index (Phi) is 5.67. The Labute approximate surface area is 241 Å². The van der Waals surface area contributed by atoms with Gasteiger partial charge in [-0.15, -0.1) is 10.2 Å². The molecule has 0 spiro atoms. The lowest BCUT2D eigenvalue weighted by molar-refractivity contribution is 0.483. The van der Waals surface area contributed by atoms with Crippen molar-refractivity contribution < 1.29 is 4.74 Å². The Morgan fingerprint density at radius 2 is 1.36 bits per heavy atom. The quantitative estimate of drug-likeness (QED) is 0.218. The molecule has 0 aliphatic heterocycles. The lowest BCUT2D eigenvalue weighted by atomic mass is 10.0. The number of benzene rings is 4. The van der Waals surface area contributed by atoms with E-state index in [-0.39, 0.29) is 0 Å². The van der Waals surface area contributed by atoms with E-state index in [0.717, 1.165) is 61.0 Å². The summed E-state index contributed by atoms with van der Waals surface area (Å²) in [4.78, 5) is 9.31. The highest BCUT2D eigenvalue weighted by Gasteiger charge is 2.16. The minimum Gasteiger partial charge on any atom is -0.457 e. The molecule has 0 unspecified atom stereocenters. The summed E-state index contributed by atoms with van der Waals surface area (Å²) < 4.78 is 8.66. The number of nitrogens with zero attached hydrogens (tertiary/aromatic N) is 5. The van der Waals surface area contributed by atoms with Gasteiger partial charge in [0.2, 0.25) is 0 Å². The summed E-state index contributed by atoms with van der Waals surface area (Å²) in [7, 11) is 0. The first-order valence-corrected chi connectivity index (χ1v) is 13.7. The van der Waals surface area contributed by atoms with Crippen molar-refractivity contribution in [3.8, 4) is 39.7 Å². The van der Waals surface area contributed by atoms with Crippen LogP contribution in [0.15, 0.2) is 140 Å². The van der Waals surface area contributed by atoms with Gasteiger partial charge in [0.15, 0.2) is 0 Å². The highest BCUT2D eigenvalue weighted by atomic mass is 16.5. The summed E-state index contributed by atoms with van der Waals surface area (Å²) in [6.07, 6.45) is 3.60. The van der Waals surface area contributed by atoms with Gasteiger partial charge in [-0.2, -0.15) is 0 Å². The van der Waals surface area contributed by atoms with Gasteiger partial charge in [0, 0.05) is 40.2 Å². The predicted molar refractivity (Wildman–Crippen MR) is 167 cm³/mol. The standard InChI is InChI=1S/C36H23N5O/c1-2-9-24(10-3-1)26-19-27(33-22-25-11-4-5-13-32(25)39-40-33)21-29(20-26)42-28-15-16-30-31-12-8-18-38-36(31)41(34(30)23-28)35-14-6-7-17-37-35/h1-23H. The summed E-state index contributed by atoms with van der Waals surface area (Å²) in [5.74, 6) is 2.22. The van der Waals surface area contributed by atoms with Crippen LogP contribution >= 0.6 is 0 Å². The third-order valence-corrected chi connectivity index (χ3v) is 7.42. The molecule has 0 N–H and O–H groups in total. The van der Waals surface area contributed by atoms with Crippen LogP contribution in [-0.2, 0) is 0 Å². The van der Waals surface area contributed by atoms with Crippen LogP contribution in [0.2, 0.25) is 0 Å². The second kappa shape index (κ2) is 9.94. The highest BCUT2D eigenvalue weighted by Crippen LogP contribution is 2.37. The van der Waals surface area contributed by atoms with Crippen LogP contribution in [0.1, 0.15) is 0 Å². The highest BCUT2D eigenvalue weighted by molar-refractivity contribution is 6.08. The molecule has 4 heterocycles. The normalized spacial score (nSPS) is 11.3. The molecule has 0 saturated heterocycles. The molecule has 8 aromatic rings. The number of hydrogen-bond acceptors (Lipinski definition) is 5. The van der Waals surface area contributed by atoms with E-state index in [1.807, 2.05) is 79.0 Å². The van der Waals surface area contributed by atoms with Crippen LogP contribution < -0.4 is 4.74 Å². The molecule has 4 aromatic carbocycles. The van der Waals surface area contributed by atoms with E-state index < -0.39 is 0 Å². The second-order valence-electron chi connectivity index (χ2n) is 10.1. The van der Waals surface area contributed by atoms with Crippen molar-refractivity contribution in [2.45, 2.75) is 0 Å². The molecule has 42 heavy (non-hydrogen) atoms. The topological polar surface area (TPSA) is 65.7 Å². The average molecular weight is 542 g/mol. The van der Waals surface area contributed by atoms with E-state index in [4.69, 9.17) is 4.74 Å². The SMILES string of the molecule is c1ccc(-c2cc(Oc3ccc4c5cccnc5n(-c5ccccn5)c4c3)cc(-c3cc4ccccc4nn3)c2)cc1. The van der Waals surface area contributed by atoms with Gasteiger partial charge < -0.3 is 4.74 Å². The van der Waals surface area contributed by atoms with Crippen molar-refractivity contribution in [2.75, 3.05) is 0 Å². The molecular formula is C36H23N5O. The zero-order valence-electron chi connectivity index (χ0n) is 22.4. The van der Waals surface area contributed by atoms with E-state index in [1.165, 1.54) is 0 Å². The van der Waals surface area contributed by atoms with Gasteiger partial charge in [0.25, 0.3) is 0 Å². The van der Waals surface area contributed by atoms with Gasteiger partial charge in [-0.3, -0.25) is 4.57 Å². The molecule has 6 heteroatoms. The number of pyridine rings is 2. The van der Waals surface area contributed by atoms with Gasteiger partial charge in [-0.25, -0.2) is 9.97 Å². The maximum Gasteiger partial charge on any atom is 0.146 e. The largest absolute Gasteiger partial charge is 0.457 e. The zero-order chi connectivity index (χ0) is 27.9. The average Bonchev–Trinajstić information content (AvgIpc) is 3.39. The van der Waals surface area contributed by atoms with Crippen molar-refractivity contribution in [2.24, 2.45) is 0 Å². The molecule has 0 fully saturated rings. The Morgan fingerprint density at radius 3 is 2.26 bits per heavy atom. The van der Waals surface area contributed by atoms with Gasteiger partial charge >= 0.3 is 0 Å². The minimum atomic E-state index is 0.708. The molecule has 6 nitrogen and oxygen atoms in total. The number of fused-ring (bicyclic) bond motifs is 4. The molecule has 4 aromatic heterocycles. The van der Waals surface area contributed by atoms with Gasteiger partial charge in [0.05, 0.1) is 16.7 Å². The number of ether oxygens (including phenoxy) is 1.